The second-order valence-electron chi connectivity index (χ2n) is 9.59. The number of ether oxygens (including phenoxy) is 1. The van der Waals surface area contributed by atoms with Crippen molar-refractivity contribution in [3.63, 3.8) is 0 Å². The van der Waals surface area contributed by atoms with Gasteiger partial charge in [0.2, 0.25) is 5.91 Å². The van der Waals surface area contributed by atoms with E-state index >= 15 is 0 Å². The lowest BCUT2D eigenvalue weighted by Gasteiger charge is -2.38. The number of amides is 1. The lowest BCUT2D eigenvalue weighted by molar-refractivity contribution is -0.128. The summed E-state index contributed by atoms with van der Waals surface area (Å²) in [6.07, 6.45) is 6.06. The van der Waals surface area contributed by atoms with Crippen molar-refractivity contribution in [2.75, 3.05) is 37.7 Å². The molecule has 1 unspecified atom stereocenters. The highest BCUT2D eigenvalue weighted by molar-refractivity contribution is 6.09. The van der Waals surface area contributed by atoms with E-state index < -0.39 is 0 Å². The number of carbonyl (C=O) groups excluding carboxylic acids is 1. The van der Waals surface area contributed by atoms with Crippen LogP contribution in [0.1, 0.15) is 25.3 Å². The number of aryl methyl sites for hydroxylation is 1. The van der Waals surface area contributed by atoms with Gasteiger partial charge in [0, 0.05) is 68.8 Å². The van der Waals surface area contributed by atoms with E-state index in [2.05, 4.69) is 28.6 Å². The number of anilines is 1. The van der Waals surface area contributed by atoms with Crippen LogP contribution in [0.4, 0.5) is 5.69 Å². The molecule has 1 saturated heterocycles. The molecule has 9 heteroatoms. The third-order valence-corrected chi connectivity index (χ3v) is 7.11. The molecule has 1 aromatic carbocycles. The fourth-order valence-corrected chi connectivity index (χ4v) is 5.18. The predicted octanol–water partition coefficient (Wildman–Crippen LogP) is 2.45. The SMILES string of the molecule is CC(=O)N1CCC(N[C@H]2CCOC2)=C(C(=N)N2CC(C#N)Cc3cc(-c4cnn(C)c4)ccc32)C1. The molecular weight excluding hydrogens is 442 g/mol. The second kappa shape index (κ2) is 9.55. The van der Waals surface area contributed by atoms with Crippen molar-refractivity contribution in [3.05, 3.63) is 47.4 Å². The lowest BCUT2D eigenvalue weighted by atomic mass is 9.90. The van der Waals surface area contributed by atoms with Gasteiger partial charge >= 0.3 is 0 Å². The molecule has 182 valence electrons. The molecule has 3 aliphatic heterocycles. The van der Waals surface area contributed by atoms with E-state index in [4.69, 9.17) is 4.74 Å². The van der Waals surface area contributed by atoms with Crippen LogP contribution in [0.25, 0.3) is 11.1 Å². The smallest absolute Gasteiger partial charge is 0.219 e. The molecule has 9 nitrogen and oxygen atoms in total. The van der Waals surface area contributed by atoms with Gasteiger partial charge in [-0.15, -0.1) is 0 Å². The van der Waals surface area contributed by atoms with E-state index in [-0.39, 0.29) is 17.9 Å². The van der Waals surface area contributed by atoms with Gasteiger partial charge in [-0.25, -0.2) is 0 Å². The van der Waals surface area contributed by atoms with Crippen molar-refractivity contribution >= 4 is 17.4 Å². The Balaban J connectivity index is 1.50. The van der Waals surface area contributed by atoms with Crippen molar-refractivity contribution < 1.29 is 9.53 Å². The van der Waals surface area contributed by atoms with Crippen molar-refractivity contribution in [1.29, 1.82) is 10.7 Å². The van der Waals surface area contributed by atoms with Crippen LogP contribution >= 0.6 is 0 Å². The third-order valence-electron chi connectivity index (χ3n) is 7.11. The van der Waals surface area contributed by atoms with Crippen LogP contribution in [-0.2, 0) is 23.0 Å². The summed E-state index contributed by atoms with van der Waals surface area (Å²) in [4.78, 5) is 15.9. The summed E-state index contributed by atoms with van der Waals surface area (Å²) in [6, 6.07) is 8.86. The molecule has 5 rings (SSSR count). The van der Waals surface area contributed by atoms with Gasteiger partial charge in [-0.05, 0) is 36.1 Å². The fraction of sp³-hybridized carbons (Fsp3) is 0.462. The first-order chi connectivity index (χ1) is 16.9. The maximum atomic E-state index is 12.2. The van der Waals surface area contributed by atoms with Crippen LogP contribution in [0.2, 0.25) is 0 Å². The fourth-order valence-electron chi connectivity index (χ4n) is 5.18. The van der Waals surface area contributed by atoms with E-state index in [0.717, 1.165) is 46.7 Å². The monoisotopic (exact) mass is 473 g/mol. The molecule has 35 heavy (non-hydrogen) atoms. The molecule has 0 radical (unpaired) electrons. The summed E-state index contributed by atoms with van der Waals surface area (Å²) in [7, 11) is 1.89. The first-order valence-electron chi connectivity index (χ1n) is 12.1. The van der Waals surface area contributed by atoms with Crippen LogP contribution in [0.15, 0.2) is 41.9 Å². The summed E-state index contributed by atoms with van der Waals surface area (Å²) in [5.41, 5.74) is 5.89. The maximum Gasteiger partial charge on any atom is 0.219 e. The number of aromatic nitrogens is 2. The maximum absolute atomic E-state index is 12.2. The number of nitriles is 1. The Hall–Kier alpha value is -3.64. The Bertz CT molecular complexity index is 1220. The van der Waals surface area contributed by atoms with E-state index in [9.17, 15) is 15.5 Å². The summed E-state index contributed by atoms with van der Waals surface area (Å²) >= 11 is 0. The molecule has 2 atom stereocenters. The number of nitrogens with one attached hydrogen (secondary N) is 2. The molecule has 1 aromatic heterocycles. The molecule has 4 heterocycles. The predicted molar refractivity (Wildman–Crippen MR) is 133 cm³/mol. The minimum atomic E-state index is -0.222. The zero-order valence-electron chi connectivity index (χ0n) is 20.3. The van der Waals surface area contributed by atoms with Crippen molar-refractivity contribution in [3.8, 4) is 17.2 Å². The van der Waals surface area contributed by atoms with Crippen LogP contribution < -0.4 is 10.2 Å². The zero-order valence-corrected chi connectivity index (χ0v) is 20.3. The molecule has 1 fully saturated rings. The number of benzene rings is 1. The average Bonchev–Trinajstić information content (AvgIpc) is 3.54. The van der Waals surface area contributed by atoms with E-state index in [1.165, 1.54) is 0 Å². The number of hydrogen-bond acceptors (Lipinski definition) is 6. The van der Waals surface area contributed by atoms with Gasteiger partial charge in [0.1, 0.15) is 5.84 Å². The Morgan fingerprint density at radius 2 is 2.20 bits per heavy atom. The molecule has 2 N–H and O–H groups in total. The first-order valence-corrected chi connectivity index (χ1v) is 12.1. The minimum Gasteiger partial charge on any atom is -0.383 e. The number of hydrogen-bond donors (Lipinski definition) is 2. The quantitative estimate of drug-likeness (QED) is 0.521. The molecule has 2 aromatic rings. The molecule has 0 saturated carbocycles. The Labute approximate surface area is 205 Å². The number of amidine groups is 1. The van der Waals surface area contributed by atoms with Crippen molar-refractivity contribution in [1.82, 2.24) is 20.0 Å². The summed E-state index contributed by atoms with van der Waals surface area (Å²) in [6.45, 7) is 4.44. The van der Waals surface area contributed by atoms with Crippen LogP contribution in [0.3, 0.4) is 0 Å². The molecule has 0 spiro atoms. The summed E-state index contributed by atoms with van der Waals surface area (Å²) in [5, 5.41) is 27.0. The Morgan fingerprint density at radius 3 is 2.89 bits per heavy atom. The lowest BCUT2D eigenvalue weighted by Crippen LogP contribution is -2.47. The molecular formula is C26H31N7O2. The van der Waals surface area contributed by atoms with Gasteiger partial charge in [0.15, 0.2) is 0 Å². The van der Waals surface area contributed by atoms with Crippen LogP contribution in [-0.4, -0.2) is 65.3 Å². The largest absolute Gasteiger partial charge is 0.383 e. The van der Waals surface area contributed by atoms with Gasteiger partial charge in [-0.2, -0.15) is 10.4 Å². The first kappa shape index (κ1) is 23.1. The molecule has 1 amide bonds. The van der Waals surface area contributed by atoms with E-state index in [1.54, 1.807) is 16.5 Å². The highest BCUT2D eigenvalue weighted by atomic mass is 16.5. The van der Waals surface area contributed by atoms with E-state index in [1.807, 2.05) is 30.4 Å². The molecule has 3 aliphatic rings. The summed E-state index contributed by atoms with van der Waals surface area (Å²) in [5.74, 6) is 0.140. The topological polar surface area (TPSA) is 110 Å². The average molecular weight is 474 g/mol. The minimum absolute atomic E-state index is 0.00797. The molecule has 0 bridgehead atoms. The number of rotatable bonds is 4. The Morgan fingerprint density at radius 1 is 1.34 bits per heavy atom. The second-order valence-corrected chi connectivity index (χ2v) is 9.59. The summed E-state index contributed by atoms with van der Waals surface area (Å²) < 4.78 is 7.31. The normalized spacial score (nSPS) is 22.1. The third kappa shape index (κ3) is 4.66. The highest BCUT2D eigenvalue weighted by Crippen LogP contribution is 2.35. The number of nitrogens with zero attached hydrogens (tertiary/aromatic N) is 5. The van der Waals surface area contributed by atoms with Crippen molar-refractivity contribution in [2.24, 2.45) is 13.0 Å². The Kier molecular flexibility index (Phi) is 6.31. The number of carbonyl (C=O) groups is 1. The van der Waals surface area contributed by atoms with E-state index in [0.29, 0.717) is 44.9 Å². The standard InChI is InChI=1S/C26H31N7O2/c1-17(34)32-7-5-24(30-22-6-8-35-16-22)23(15-32)26(28)33-13-18(11-27)9-20-10-19(3-4-25(20)33)21-12-29-31(2)14-21/h3-4,10,12,14,18,22,28,30H,5-9,13,15-16H2,1-2H3/t18?,22-/m0/s1. The van der Waals surface area contributed by atoms with Crippen LogP contribution in [0.5, 0.6) is 0 Å². The van der Waals surface area contributed by atoms with Crippen molar-refractivity contribution in [2.45, 2.75) is 32.2 Å². The molecule has 0 aliphatic carbocycles. The van der Waals surface area contributed by atoms with Crippen LogP contribution in [0, 0.1) is 22.7 Å². The highest BCUT2D eigenvalue weighted by Gasteiger charge is 2.33. The van der Waals surface area contributed by atoms with Gasteiger partial charge in [-0.3, -0.25) is 14.9 Å². The zero-order chi connectivity index (χ0) is 24.5. The van der Waals surface area contributed by atoms with Gasteiger partial charge in [0.25, 0.3) is 0 Å². The van der Waals surface area contributed by atoms with Gasteiger partial charge < -0.3 is 19.9 Å². The van der Waals surface area contributed by atoms with Gasteiger partial charge in [-0.1, -0.05) is 6.07 Å². The van der Waals surface area contributed by atoms with Gasteiger partial charge in [0.05, 0.1) is 37.4 Å². The number of fused-ring (bicyclic) bond motifs is 1.